The van der Waals surface area contributed by atoms with Crippen LogP contribution in [0.5, 0.6) is 0 Å². The lowest BCUT2D eigenvalue weighted by molar-refractivity contribution is -0.142. The lowest BCUT2D eigenvalue weighted by Crippen LogP contribution is -2.52. The zero-order chi connectivity index (χ0) is 23.8. The number of hydrogen-bond acceptors (Lipinski definition) is 5. The van der Waals surface area contributed by atoms with Crippen molar-refractivity contribution in [3.05, 3.63) is 46.7 Å². The quantitative estimate of drug-likeness (QED) is 0.643. The topological polar surface area (TPSA) is 56.8 Å². The van der Waals surface area contributed by atoms with E-state index in [2.05, 4.69) is 15.8 Å². The molecule has 0 aromatic heterocycles. The van der Waals surface area contributed by atoms with Gasteiger partial charge in [-0.05, 0) is 36.5 Å². The van der Waals surface area contributed by atoms with Crippen molar-refractivity contribution in [3.63, 3.8) is 0 Å². The van der Waals surface area contributed by atoms with Crippen molar-refractivity contribution < 1.29 is 31.5 Å². The van der Waals surface area contributed by atoms with Crippen LogP contribution in [-0.4, -0.2) is 68.2 Å². The number of carbonyl (C=O) groups excluding carboxylic acids is 1. The molecule has 33 heavy (non-hydrogen) atoms. The fourth-order valence-corrected chi connectivity index (χ4v) is 4.96. The Hall–Kier alpha value is -2.24. The molecule has 1 aromatic rings. The smallest absolute Gasteiger partial charge is 0.383 e. The first kappa shape index (κ1) is 23.9. The minimum atomic E-state index is -4.99. The van der Waals surface area contributed by atoms with Crippen molar-refractivity contribution in [1.29, 1.82) is 0 Å². The number of rotatable bonds is 5. The van der Waals surface area contributed by atoms with E-state index in [-0.39, 0.29) is 43.3 Å². The molecule has 182 valence electrons. The Morgan fingerprint density at radius 3 is 2.61 bits per heavy atom. The highest BCUT2D eigenvalue weighted by atomic mass is 19.4. The molecule has 2 atom stereocenters. The van der Waals surface area contributed by atoms with Crippen molar-refractivity contribution in [2.45, 2.75) is 31.0 Å². The molecule has 11 heteroatoms. The minimum absolute atomic E-state index is 0.0520. The Kier molecular flexibility index (Phi) is 6.92. The standard InChI is InChI=1S/C22H27F5N4O2/c1-33-11-10-30-7-6-17-15(12-30)20(29-28-17)21(32)31-8-4-13(5-9-31)14-2-3-16(23)19(24)18(14)22(25,26)27/h2-3,6,13,15,20,28-29H,4-5,7-12H2,1H3. The van der Waals surface area contributed by atoms with E-state index in [9.17, 15) is 26.7 Å². The van der Waals surface area contributed by atoms with Gasteiger partial charge in [0.1, 0.15) is 6.04 Å². The summed E-state index contributed by atoms with van der Waals surface area (Å²) in [5.74, 6) is -4.16. The van der Waals surface area contributed by atoms with Crippen LogP contribution in [0.2, 0.25) is 0 Å². The average Bonchev–Trinajstić information content (AvgIpc) is 3.21. The number of hydrazine groups is 1. The second-order valence-corrected chi connectivity index (χ2v) is 8.69. The number of piperidine rings is 1. The summed E-state index contributed by atoms with van der Waals surface area (Å²) < 4.78 is 72.9. The number of nitrogens with one attached hydrogen (secondary N) is 2. The highest BCUT2D eigenvalue weighted by molar-refractivity contribution is 5.83. The molecule has 0 aliphatic carbocycles. The molecule has 3 heterocycles. The van der Waals surface area contributed by atoms with E-state index in [1.54, 1.807) is 12.0 Å². The maximum Gasteiger partial charge on any atom is 0.419 e. The molecule has 0 saturated carbocycles. The van der Waals surface area contributed by atoms with E-state index in [0.29, 0.717) is 13.2 Å². The number of fused-ring (bicyclic) bond motifs is 1. The largest absolute Gasteiger partial charge is 0.419 e. The molecule has 0 radical (unpaired) electrons. The van der Waals surface area contributed by atoms with Crippen LogP contribution in [0.25, 0.3) is 0 Å². The number of methoxy groups -OCH3 is 1. The summed E-state index contributed by atoms with van der Waals surface area (Å²) in [6.45, 7) is 3.28. The minimum Gasteiger partial charge on any atom is -0.383 e. The molecule has 2 unspecified atom stereocenters. The Labute approximate surface area is 188 Å². The van der Waals surface area contributed by atoms with Gasteiger partial charge in [-0.15, -0.1) is 0 Å². The second-order valence-electron chi connectivity index (χ2n) is 8.69. The number of ether oxygens (including phenoxy) is 1. The zero-order valence-corrected chi connectivity index (χ0v) is 18.2. The summed E-state index contributed by atoms with van der Waals surface area (Å²) in [7, 11) is 1.64. The molecule has 2 N–H and O–H groups in total. The van der Waals surface area contributed by atoms with Gasteiger partial charge in [0.05, 0.1) is 12.2 Å². The van der Waals surface area contributed by atoms with Crippen LogP contribution in [0, 0.1) is 17.6 Å². The molecule has 0 spiro atoms. The van der Waals surface area contributed by atoms with Gasteiger partial charge in [-0.25, -0.2) is 14.2 Å². The van der Waals surface area contributed by atoms with Gasteiger partial charge in [0.25, 0.3) is 0 Å². The van der Waals surface area contributed by atoms with Crippen molar-refractivity contribution in [2.24, 2.45) is 5.92 Å². The molecular formula is C22H27F5N4O2. The number of alkyl halides is 3. The Morgan fingerprint density at radius 1 is 1.21 bits per heavy atom. The van der Waals surface area contributed by atoms with E-state index < -0.39 is 35.3 Å². The fourth-order valence-electron chi connectivity index (χ4n) is 4.96. The van der Waals surface area contributed by atoms with Crippen LogP contribution in [0.15, 0.2) is 23.9 Å². The van der Waals surface area contributed by atoms with Crippen molar-refractivity contribution in [1.82, 2.24) is 20.7 Å². The molecule has 1 aromatic carbocycles. The SMILES string of the molecule is COCCN1CC=C2NNC(C(=O)N3CCC(c4ccc(F)c(F)c4C(F)(F)F)CC3)C2C1. The molecular weight excluding hydrogens is 447 g/mol. The third-order valence-corrected chi connectivity index (χ3v) is 6.73. The summed E-state index contributed by atoms with van der Waals surface area (Å²) in [5.41, 5.74) is 5.31. The summed E-state index contributed by atoms with van der Waals surface area (Å²) in [6.07, 6.45) is -2.47. The van der Waals surface area contributed by atoms with Crippen LogP contribution < -0.4 is 10.9 Å². The maximum atomic E-state index is 14.0. The maximum absolute atomic E-state index is 14.0. The first-order valence-corrected chi connectivity index (χ1v) is 11.0. The third-order valence-electron chi connectivity index (χ3n) is 6.73. The number of carbonyl (C=O) groups is 1. The van der Waals surface area contributed by atoms with Crippen molar-refractivity contribution >= 4 is 5.91 Å². The molecule has 3 aliphatic rings. The Bertz CT molecular complexity index is 915. The van der Waals surface area contributed by atoms with Crippen LogP contribution in [-0.2, 0) is 15.7 Å². The van der Waals surface area contributed by atoms with E-state index in [0.717, 1.165) is 30.9 Å². The summed E-state index contributed by atoms with van der Waals surface area (Å²) >= 11 is 0. The zero-order valence-electron chi connectivity index (χ0n) is 18.2. The molecule has 6 nitrogen and oxygen atoms in total. The average molecular weight is 474 g/mol. The van der Waals surface area contributed by atoms with Crippen LogP contribution in [0.3, 0.4) is 0 Å². The number of halogens is 5. The molecule has 3 aliphatic heterocycles. The lowest BCUT2D eigenvalue weighted by Gasteiger charge is -2.36. The molecule has 0 bridgehead atoms. The van der Waals surface area contributed by atoms with E-state index in [1.165, 1.54) is 0 Å². The van der Waals surface area contributed by atoms with Gasteiger partial charge in [0.15, 0.2) is 11.6 Å². The van der Waals surface area contributed by atoms with Gasteiger partial charge < -0.3 is 15.1 Å². The van der Waals surface area contributed by atoms with Gasteiger partial charge >= 0.3 is 6.18 Å². The summed E-state index contributed by atoms with van der Waals surface area (Å²) in [6, 6.07) is 1.27. The van der Waals surface area contributed by atoms with Crippen LogP contribution >= 0.6 is 0 Å². The predicted octanol–water partition coefficient (Wildman–Crippen LogP) is 2.63. The second kappa shape index (κ2) is 9.55. The number of hydrogen-bond donors (Lipinski definition) is 2. The lowest BCUT2D eigenvalue weighted by atomic mass is 9.85. The number of amides is 1. The molecule has 1 amide bonds. The van der Waals surface area contributed by atoms with Crippen molar-refractivity contribution in [3.8, 4) is 0 Å². The van der Waals surface area contributed by atoms with E-state index in [4.69, 9.17) is 4.74 Å². The molecule has 2 fully saturated rings. The third kappa shape index (κ3) is 4.85. The van der Waals surface area contributed by atoms with Gasteiger partial charge in [0, 0.05) is 51.4 Å². The van der Waals surface area contributed by atoms with Gasteiger partial charge in [-0.3, -0.25) is 9.69 Å². The van der Waals surface area contributed by atoms with E-state index >= 15 is 0 Å². The van der Waals surface area contributed by atoms with E-state index in [1.807, 2.05) is 6.08 Å². The predicted molar refractivity (Wildman–Crippen MR) is 110 cm³/mol. The number of likely N-dealkylation sites (tertiary alicyclic amines) is 1. The van der Waals surface area contributed by atoms with Gasteiger partial charge in [0.2, 0.25) is 5.91 Å². The number of nitrogens with zero attached hydrogens (tertiary/aromatic N) is 2. The van der Waals surface area contributed by atoms with Gasteiger partial charge in [-0.1, -0.05) is 6.07 Å². The first-order chi connectivity index (χ1) is 15.7. The monoisotopic (exact) mass is 474 g/mol. The Morgan fingerprint density at radius 2 is 1.94 bits per heavy atom. The fraction of sp³-hybridized carbons (Fsp3) is 0.591. The number of benzene rings is 1. The summed E-state index contributed by atoms with van der Waals surface area (Å²) in [5, 5.41) is 0. The van der Waals surface area contributed by atoms with Crippen LogP contribution in [0.4, 0.5) is 22.0 Å². The molecule has 2 saturated heterocycles. The normalized spacial score (nSPS) is 24.4. The highest BCUT2D eigenvalue weighted by Gasteiger charge is 2.43. The Balaban J connectivity index is 1.42. The highest BCUT2D eigenvalue weighted by Crippen LogP contribution is 2.41. The summed E-state index contributed by atoms with van der Waals surface area (Å²) in [4.78, 5) is 17.0. The van der Waals surface area contributed by atoms with Crippen molar-refractivity contribution in [2.75, 3.05) is 46.4 Å². The van der Waals surface area contributed by atoms with Gasteiger partial charge in [-0.2, -0.15) is 13.2 Å². The molecule has 4 rings (SSSR count). The van der Waals surface area contributed by atoms with Crippen LogP contribution in [0.1, 0.15) is 29.9 Å². The first-order valence-electron chi connectivity index (χ1n) is 11.0.